The molecular formula is C28H35N5O3. The molecule has 0 spiro atoms. The van der Waals surface area contributed by atoms with Gasteiger partial charge in [-0.3, -0.25) is 0 Å². The van der Waals surface area contributed by atoms with Gasteiger partial charge in [0.2, 0.25) is 0 Å². The predicted molar refractivity (Wildman–Crippen MR) is 143 cm³/mol. The monoisotopic (exact) mass is 489 g/mol. The van der Waals surface area contributed by atoms with Crippen LogP contribution in [0.5, 0.6) is 5.75 Å². The van der Waals surface area contributed by atoms with Gasteiger partial charge in [0.1, 0.15) is 12.4 Å². The summed E-state index contributed by atoms with van der Waals surface area (Å²) < 4.78 is 18.3. The van der Waals surface area contributed by atoms with E-state index >= 15 is 0 Å². The Morgan fingerprint density at radius 3 is 2.28 bits per heavy atom. The Balaban J connectivity index is 1.86. The van der Waals surface area contributed by atoms with E-state index < -0.39 is 0 Å². The third-order valence-corrected chi connectivity index (χ3v) is 6.48. The maximum Gasteiger partial charge on any atom is 0.164 e. The molecule has 0 atom stereocenters. The number of anilines is 1. The van der Waals surface area contributed by atoms with Gasteiger partial charge in [0.15, 0.2) is 17.3 Å². The summed E-state index contributed by atoms with van der Waals surface area (Å²) >= 11 is 0. The molecule has 0 saturated carbocycles. The van der Waals surface area contributed by atoms with Crippen LogP contribution in [0.1, 0.15) is 31.4 Å². The Morgan fingerprint density at radius 2 is 1.64 bits per heavy atom. The van der Waals surface area contributed by atoms with Crippen molar-refractivity contribution in [3.8, 4) is 28.4 Å². The first-order valence-electron chi connectivity index (χ1n) is 12.1. The standard InChI is InChI=1S/C28H35N5O3/c1-18-8-7-9-19(2)22(18)24-23-25(29)32-33(15-14-28(3,4)35-6)27(23)31-26(30-24)20-10-12-21(13-11-20)36-17-16-34-5/h7-13H,14-17H2,1-6H3,(H2,29,32). The summed E-state index contributed by atoms with van der Waals surface area (Å²) in [6.07, 6.45) is 0.755. The Kier molecular flexibility index (Phi) is 7.56. The summed E-state index contributed by atoms with van der Waals surface area (Å²) in [5.74, 6) is 1.80. The molecule has 0 fully saturated rings. The average molecular weight is 490 g/mol. The number of benzene rings is 2. The smallest absolute Gasteiger partial charge is 0.164 e. The van der Waals surface area contributed by atoms with Gasteiger partial charge in [-0.1, -0.05) is 18.2 Å². The fraction of sp³-hybridized carbons (Fsp3) is 0.393. The predicted octanol–water partition coefficient (Wildman–Crippen LogP) is 5.20. The van der Waals surface area contributed by atoms with Crippen LogP contribution in [0.25, 0.3) is 33.7 Å². The first-order chi connectivity index (χ1) is 17.2. The quantitative estimate of drug-likeness (QED) is 0.306. The lowest BCUT2D eigenvalue weighted by Crippen LogP contribution is -2.24. The van der Waals surface area contributed by atoms with E-state index in [9.17, 15) is 0 Å². The molecule has 4 aromatic rings. The van der Waals surface area contributed by atoms with Crippen molar-refractivity contribution >= 4 is 16.9 Å². The van der Waals surface area contributed by atoms with Gasteiger partial charge in [-0.2, -0.15) is 5.10 Å². The lowest BCUT2D eigenvalue weighted by atomic mass is 9.98. The first-order valence-corrected chi connectivity index (χ1v) is 12.1. The van der Waals surface area contributed by atoms with Crippen LogP contribution in [-0.4, -0.2) is 52.8 Å². The molecule has 2 heterocycles. The molecule has 8 heteroatoms. The number of hydrogen-bond donors (Lipinski definition) is 1. The van der Waals surface area contributed by atoms with Gasteiger partial charge in [0.05, 0.1) is 23.3 Å². The van der Waals surface area contributed by atoms with E-state index in [0.717, 1.165) is 45.5 Å². The molecule has 0 amide bonds. The number of methoxy groups -OCH3 is 2. The summed E-state index contributed by atoms with van der Waals surface area (Å²) in [5, 5.41) is 5.44. The molecule has 2 aromatic carbocycles. The van der Waals surface area contributed by atoms with Crippen LogP contribution in [0.3, 0.4) is 0 Å². The Hall–Kier alpha value is -3.49. The van der Waals surface area contributed by atoms with Crippen LogP contribution < -0.4 is 10.5 Å². The number of aryl methyl sites for hydroxylation is 3. The van der Waals surface area contributed by atoms with Gasteiger partial charge in [-0.25, -0.2) is 14.6 Å². The topological polar surface area (TPSA) is 97.3 Å². The SMILES string of the molecule is COCCOc1ccc(-c2nc(-c3c(C)cccc3C)c3c(N)nn(CCC(C)(C)OC)c3n2)cc1. The highest BCUT2D eigenvalue weighted by atomic mass is 16.5. The third kappa shape index (κ3) is 5.34. The van der Waals surface area contributed by atoms with Crippen molar-refractivity contribution < 1.29 is 14.2 Å². The lowest BCUT2D eigenvalue weighted by molar-refractivity contribution is 0.0116. The lowest BCUT2D eigenvalue weighted by Gasteiger charge is -2.22. The summed E-state index contributed by atoms with van der Waals surface area (Å²) in [6, 6.07) is 14.0. The highest BCUT2D eigenvalue weighted by Gasteiger charge is 2.23. The second-order valence-corrected chi connectivity index (χ2v) is 9.55. The van der Waals surface area contributed by atoms with Crippen LogP contribution >= 0.6 is 0 Å². The molecule has 4 rings (SSSR count). The molecule has 2 aromatic heterocycles. The number of nitrogen functional groups attached to an aromatic ring is 1. The van der Waals surface area contributed by atoms with Crippen molar-refractivity contribution in [2.24, 2.45) is 0 Å². The third-order valence-electron chi connectivity index (χ3n) is 6.48. The summed E-state index contributed by atoms with van der Waals surface area (Å²) in [7, 11) is 3.37. The summed E-state index contributed by atoms with van der Waals surface area (Å²) in [5.41, 5.74) is 11.9. The fourth-order valence-corrected chi connectivity index (χ4v) is 4.17. The molecule has 2 N–H and O–H groups in total. The number of nitrogens with zero attached hydrogens (tertiary/aromatic N) is 4. The van der Waals surface area contributed by atoms with Gasteiger partial charge in [-0.05, 0) is 69.5 Å². The zero-order valence-electron chi connectivity index (χ0n) is 22.0. The zero-order valence-corrected chi connectivity index (χ0v) is 22.0. The Morgan fingerprint density at radius 1 is 0.944 bits per heavy atom. The van der Waals surface area contributed by atoms with Crippen molar-refractivity contribution in [2.75, 3.05) is 33.2 Å². The number of hydrogen-bond acceptors (Lipinski definition) is 7. The van der Waals surface area contributed by atoms with Gasteiger partial charge in [0.25, 0.3) is 0 Å². The molecule has 190 valence electrons. The number of aromatic nitrogens is 4. The van der Waals surface area contributed by atoms with Crippen LogP contribution in [0.2, 0.25) is 0 Å². The molecule has 0 bridgehead atoms. The van der Waals surface area contributed by atoms with Crippen molar-refractivity contribution in [3.05, 3.63) is 53.6 Å². The highest BCUT2D eigenvalue weighted by molar-refractivity contribution is 6.00. The molecule has 0 radical (unpaired) electrons. The van der Waals surface area contributed by atoms with Crippen LogP contribution in [-0.2, 0) is 16.0 Å². The van der Waals surface area contributed by atoms with E-state index in [0.29, 0.717) is 37.0 Å². The normalized spacial score (nSPS) is 11.8. The number of ether oxygens (including phenoxy) is 3. The van der Waals surface area contributed by atoms with Crippen molar-refractivity contribution in [1.82, 2.24) is 19.7 Å². The van der Waals surface area contributed by atoms with Crippen molar-refractivity contribution in [2.45, 2.75) is 46.3 Å². The minimum Gasteiger partial charge on any atom is -0.491 e. The second kappa shape index (κ2) is 10.6. The van der Waals surface area contributed by atoms with Crippen LogP contribution in [0.15, 0.2) is 42.5 Å². The summed E-state index contributed by atoms with van der Waals surface area (Å²) in [4.78, 5) is 9.99. The Bertz CT molecular complexity index is 1330. The maximum absolute atomic E-state index is 6.48. The number of nitrogens with two attached hydrogens (primary N) is 1. The fourth-order valence-electron chi connectivity index (χ4n) is 4.17. The van der Waals surface area contributed by atoms with Gasteiger partial charge < -0.3 is 19.9 Å². The van der Waals surface area contributed by atoms with Gasteiger partial charge in [0, 0.05) is 31.9 Å². The minimum atomic E-state index is -0.295. The van der Waals surface area contributed by atoms with Gasteiger partial charge >= 0.3 is 0 Å². The molecule has 36 heavy (non-hydrogen) atoms. The molecule has 0 aliphatic heterocycles. The van der Waals surface area contributed by atoms with Crippen molar-refractivity contribution in [3.63, 3.8) is 0 Å². The molecule has 0 unspecified atom stereocenters. The molecule has 0 saturated heterocycles. The van der Waals surface area contributed by atoms with E-state index in [1.165, 1.54) is 0 Å². The molecule has 0 aliphatic rings. The first kappa shape index (κ1) is 25.6. The molecule has 0 aliphatic carbocycles. The average Bonchev–Trinajstić information content (AvgIpc) is 3.19. The van der Waals surface area contributed by atoms with Crippen LogP contribution in [0.4, 0.5) is 5.82 Å². The van der Waals surface area contributed by atoms with E-state index in [4.69, 9.17) is 29.9 Å². The Labute approximate surface area is 212 Å². The van der Waals surface area contributed by atoms with E-state index in [1.807, 2.05) is 28.9 Å². The van der Waals surface area contributed by atoms with E-state index in [1.54, 1.807) is 14.2 Å². The zero-order chi connectivity index (χ0) is 25.9. The largest absolute Gasteiger partial charge is 0.491 e. The molecule has 8 nitrogen and oxygen atoms in total. The van der Waals surface area contributed by atoms with Crippen LogP contribution in [0, 0.1) is 13.8 Å². The van der Waals surface area contributed by atoms with Crippen molar-refractivity contribution in [1.29, 1.82) is 0 Å². The highest BCUT2D eigenvalue weighted by Crippen LogP contribution is 2.36. The van der Waals surface area contributed by atoms with E-state index in [2.05, 4.69) is 51.0 Å². The maximum atomic E-state index is 6.48. The van der Waals surface area contributed by atoms with E-state index in [-0.39, 0.29) is 5.60 Å². The molecular weight excluding hydrogens is 454 g/mol. The second-order valence-electron chi connectivity index (χ2n) is 9.55. The number of fused-ring (bicyclic) bond motifs is 1. The van der Waals surface area contributed by atoms with Gasteiger partial charge in [-0.15, -0.1) is 0 Å². The number of rotatable bonds is 10. The minimum absolute atomic E-state index is 0.295. The summed E-state index contributed by atoms with van der Waals surface area (Å²) in [6.45, 7) is 9.93.